The number of hydrogen-bond acceptors (Lipinski definition) is 1. The molecule has 4 aromatic rings. The normalized spacial score (nSPS) is 11.1. The lowest BCUT2D eigenvalue weighted by molar-refractivity contribution is 0.514. The van der Waals surface area contributed by atoms with Gasteiger partial charge in [0, 0.05) is 12.6 Å². The van der Waals surface area contributed by atoms with Crippen LogP contribution >= 0.6 is 0 Å². The molecule has 0 fully saturated rings. The number of unbranched alkanes of at least 4 members (excludes halogenated alkanes) is 1. The van der Waals surface area contributed by atoms with E-state index in [1.165, 1.54) is 16.7 Å². The highest BCUT2D eigenvalue weighted by molar-refractivity contribution is 5.50. The maximum atomic E-state index is 5.42. The Kier molecular flexibility index (Phi) is 5.59. The van der Waals surface area contributed by atoms with Crippen molar-refractivity contribution in [3.8, 4) is 12.3 Å². The van der Waals surface area contributed by atoms with Gasteiger partial charge in [-0.2, -0.15) is 0 Å². The summed E-state index contributed by atoms with van der Waals surface area (Å²) in [7, 11) is 0. The zero-order valence-corrected chi connectivity index (χ0v) is 16.4. The summed E-state index contributed by atoms with van der Waals surface area (Å²) < 4.78 is 2.25. The minimum atomic E-state index is -0.499. The third-order valence-electron chi connectivity index (χ3n) is 5.35. The predicted octanol–water partition coefficient (Wildman–Crippen LogP) is 5.68. The van der Waals surface area contributed by atoms with Gasteiger partial charge in [0.05, 0.1) is 12.0 Å². The minimum Gasteiger partial charge on any atom is -0.319 e. The van der Waals surface area contributed by atoms with Crippen LogP contribution in [0.2, 0.25) is 0 Å². The molecule has 1 aromatic heterocycles. The molecule has 0 bridgehead atoms. The largest absolute Gasteiger partial charge is 0.319 e. The molecule has 0 atom stereocenters. The summed E-state index contributed by atoms with van der Waals surface area (Å²) in [5.74, 6) is 2.72. The van der Waals surface area contributed by atoms with Crippen molar-refractivity contribution in [2.45, 2.75) is 24.8 Å². The first-order valence-corrected chi connectivity index (χ1v) is 9.99. The summed E-state index contributed by atoms with van der Waals surface area (Å²) in [5, 5.41) is 0. The van der Waals surface area contributed by atoms with E-state index in [9.17, 15) is 0 Å². The molecule has 1 heterocycles. The van der Waals surface area contributed by atoms with E-state index in [-0.39, 0.29) is 0 Å². The second kappa shape index (κ2) is 8.63. The molecule has 142 valence electrons. The lowest BCUT2D eigenvalue weighted by Gasteiger charge is -2.37. The first-order chi connectivity index (χ1) is 14.4. The number of aryl methyl sites for hydroxylation is 1. The molecule has 0 radical (unpaired) electrons. The maximum absolute atomic E-state index is 5.42. The zero-order valence-electron chi connectivity index (χ0n) is 16.4. The van der Waals surface area contributed by atoms with Gasteiger partial charge in [-0.1, -0.05) is 91.0 Å². The van der Waals surface area contributed by atoms with Gasteiger partial charge >= 0.3 is 0 Å². The number of nitrogens with zero attached hydrogens (tertiary/aromatic N) is 2. The number of hydrogen-bond donors (Lipinski definition) is 0. The molecule has 0 saturated carbocycles. The van der Waals surface area contributed by atoms with Gasteiger partial charge in [-0.3, -0.25) is 0 Å². The van der Waals surface area contributed by atoms with E-state index in [0.717, 1.165) is 25.0 Å². The molecule has 0 aliphatic heterocycles. The molecule has 0 saturated heterocycles. The Hall–Kier alpha value is -3.57. The Morgan fingerprint density at radius 1 is 0.759 bits per heavy atom. The van der Waals surface area contributed by atoms with Crippen molar-refractivity contribution in [1.82, 2.24) is 9.55 Å². The van der Waals surface area contributed by atoms with E-state index in [4.69, 9.17) is 11.4 Å². The summed E-state index contributed by atoms with van der Waals surface area (Å²) in [4.78, 5) is 4.72. The average Bonchev–Trinajstić information content (AvgIpc) is 3.26. The highest BCUT2D eigenvalue weighted by Gasteiger charge is 2.38. The van der Waals surface area contributed by atoms with Crippen LogP contribution in [0.25, 0.3) is 0 Å². The van der Waals surface area contributed by atoms with Crippen LogP contribution in [0.3, 0.4) is 0 Å². The van der Waals surface area contributed by atoms with E-state index >= 15 is 0 Å². The standard InChI is InChI=1S/C27H24N2/c1-2-3-7-20-26-21-29(22-28-26)27(23-14-8-4-9-15-23,24-16-10-5-11-17-24)25-18-12-6-13-19-25/h1,4-6,8-19,21-22H,3,7,20H2. The van der Waals surface area contributed by atoms with Crippen LogP contribution in [0.5, 0.6) is 0 Å². The molecule has 2 heteroatoms. The fourth-order valence-corrected chi connectivity index (χ4v) is 4.03. The maximum Gasteiger partial charge on any atom is 0.121 e. The number of benzene rings is 3. The molecule has 0 spiro atoms. The molecular weight excluding hydrogens is 352 g/mol. The van der Waals surface area contributed by atoms with Crippen molar-refractivity contribution in [2.24, 2.45) is 0 Å². The van der Waals surface area contributed by atoms with Crippen LogP contribution in [-0.4, -0.2) is 9.55 Å². The number of imidazole rings is 1. The van der Waals surface area contributed by atoms with Crippen molar-refractivity contribution in [3.05, 3.63) is 126 Å². The van der Waals surface area contributed by atoms with Crippen LogP contribution in [0.1, 0.15) is 35.2 Å². The number of terminal acetylenes is 1. The van der Waals surface area contributed by atoms with Crippen molar-refractivity contribution in [2.75, 3.05) is 0 Å². The second-order valence-electron chi connectivity index (χ2n) is 7.14. The Morgan fingerprint density at radius 2 is 1.24 bits per heavy atom. The van der Waals surface area contributed by atoms with Gasteiger partial charge in [-0.15, -0.1) is 12.3 Å². The lowest BCUT2D eigenvalue weighted by atomic mass is 9.77. The highest BCUT2D eigenvalue weighted by atomic mass is 15.1. The van der Waals surface area contributed by atoms with E-state index in [2.05, 4.69) is 108 Å². The summed E-state index contributed by atoms with van der Waals surface area (Å²) in [5.41, 5.74) is 4.16. The van der Waals surface area contributed by atoms with E-state index in [1.807, 2.05) is 6.33 Å². The summed E-state index contributed by atoms with van der Waals surface area (Å²) in [6, 6.07) is 31.9. The van der Waals surface area contributed by atoms with Gasteiger partial charge in [-0.25, -0.2) is 4.98 Å². The summed E-state index contributed by atoms with van der Waals surface area (Å²) >= 11 is 0. The first kappa shape index (κ1) is 18.8. The smallest absolute Gasteiger partial charge is 0.121 e. The first-order valence-electron chi connectivity index (χ1n) is 9.99. The van der Waals surface area contributed by atoms with Crippen LogP contribution in [0, 0.1) is 12.3 Å². The van der Waals surface area contributed by atoms with Crippen LogP contribution in [-0.2, 0) is 12.0 Å². The Morgan fingerprint density at radius 3 is 1.69 bits per heavy atom. The molecule has 3 aromatic carbocycles. The molecule has 2 nitrogen and oxygen atoms in total. The predicted molar refractivity (Wildman–Crippen MR) is 119 cm³/mol. The monoisotopic (exact) mass is 376 g/mol. The van der Waals surface area contributed by atoms with Gasteiger partial charge in [0.2, 0.25) is 0 Å². The molecule has 0 unspecified atom stereocenters. The van der Waals surface area contributed by atoms with Crippen molar-refractivity contribution < 1.29 is 0 Å². The van der Waals surface area contributed by atoms with E-state index in [0.29, 0.717) is 0 Å². The summed E-state index contributed by atoms with van der Waals surface area (Å²) in [6.45, 7) is 0. The van der Waals surface area contributed by atoms with Gasteiger partial charge < -0.3 is 4.57 Å². The highest BCUT2D eigenvalue weighted by Crippen LogP contribution is 2.40. The fourth-order valence-electron chi connectivity index (χ4n) is 4.03. The molecular formula is C27H24N2. The number of rotatable bonds is 7. The quantitative estimate of drug-likeness (QED) is 0.230. The third kappa shape index (κ3) is 3.60. The SMILES string of the molecule is C#CCCCc1cn(C(c2ccccc2)(c2ccccc2)c2ccccc2)cn1. The van der Waals surface area contributed by atoms with Crippen LogP contribution in [0.15, 0.2) is 104 Å². The molecule has 4 rings (SSSR count). The lowest BCUT2D eigenvalue weighted by Crippen LogP contribution is -2.36. The minimum absolute atomic E-state index is 0.499. The molecule has 0 amide bonds. The molecule has 0 aliphatic rings. The van der Waals surface area contributed by atoms with Crippen LogP contribution in [0.4, 0.5) is 0 Å². The third-order valence-corrected chi connectivity index (χ3v) is 5.35. The molecule has 0 N–H and O–H groups in total. The molecule has 29 heavy (non-hydrogen) atoms. The van der Waals surface area contributed by atoms with Gasteiger partial charge in [0.1, 0.15) is 5.54 Å². The van der Waals surface area contributed by atoms with E-state index in [1.54, 1.807) is 0 Å². The topological polar surface area (TPSA) is 17.8 Å². The molecule has 0 aliphatic carbocycles. The Bertz CT molecular complexity index is 977. The average molecular weight is 377 g/mol. The van der Waals surface area contributed by atoms with Crippen LogP contribution < -0.4 is 0 Å². The van der Waals surface area contributed by atoms with Crippen molar-refractivity contribution >= 4 is 0 Å². The summed E-state index contributed by atoms with van der Waals surface area (Å²) in [6.07, 6.45) is 12.1. The van der Waals surface area contributed by atoms with Gasteiger partial charge in [-0.05, 0) is 29.5 Å². The van der Waals surface area contributed by atoms with E-state index < -0.39 is 5.54 Å². The van der Waals surface area contributed by atoms with Crippen molar-refractivity contribution in [3.63, 3.8) is 0 Å². The van der Waals surface area contributed by atoms with Gasteiger partial charge in [0.25, 0.3) is 0 Å². The van der Waals surface area contributed by atoms with Crippen molar-refractivity contribution in [1.29, 1.82) is 0 Å². The van der Waals surface area contributed by atoms with Gasteiger partial charge in [0.15, 0.2) is 0 Å². The fraction of sp³-hybridized carbons (Fsp3) is 0.148. The Balaban J connectivity index is 1.95. The second-order valence-corrected chi connectivity index (χ2v) is 7.14. The Labute approximate surface area is 172 Å². The zero-order chi connectivity index (χ0) is 19.9. The number of aromatic nitrogens is 2.